The van der Waals surface area contributed by atoms with Crippen molar-refractivity contribution < 1.29 is 22.8 Å². The van der Waals surface area contributed by atoms with E-state index in [0.29, 0.717) is 11.1 Å². The predicted octanol–water partition coefficient (Wildman–Crippen LogP) is 5.24. The number of carbonyl (C=O) groups is 1. The predicted molar refractivity (Wildman–Crippen MR) is 107 cm³/mol. The maximum Gasteiger partial charge on any atom is 0.411 e. The molecule has 3 aromatic carbocycles. The molecular weight excluding hydrogens is 378 g/mol. The monoisotopic (exact) mass is 398 g/mol. The van der Waals surface area contributed by atoms with Gasteiger partial charge in [0.15, 0.2) is 5.78 Å². The lowest BCUT2D eigenvalue weighted by molar-refractivity contribution is 0.0914. The van der Waals surface area contributed by atoms with Crippen LogP contribution < -0.4 is 9.83 Å². The number of aryl methyl sites for hydroxylation is 2. The number of Topliss-reactive ketones (excluding diaryl/α,β-unsaturated/α-hetero) is 1. The molecule has 3 aromatic rings. The molecule has 0 N–H and O–H groups in total. The zero-order valence-electron chi connectivity index (χ0n) is 15.6. The van der Waals surface area contributed by atoms with E-state index in [9.17, 15) is 13.8 Å². The Morgan fingerprint density at radius 3 is 1.96 bits per heavy atom. The van der Waals surface area contributed by atoms with Crippen LogP contribution in [0.25, 0.3) is 0 Å². The second-order valence-corrected chi connectivity index (χ2v) is 8.39. The Kier molecular flexibility index (Phi) is 6.08. The lowest BCUT2D eigenvalue weighted by Gasteiger charge is -2.19. The number of ketones is 1. The first-order valence-electron chi connectivity index (χ1n) is 8.72. The SMILES string of the molecule is Cc1ccc(OP(=O)(OCC(=O)c2ccc(F)cc2)c2ccc(C)cc2)cc1. The van der Waals surface area contributed by atoms with Crippen molar-refractivity contribution in [2.45, 2.75) is 13.8 Å². The highest BCUT2D eigenvalue weighted by Crippen LogP contribution is 2.47. The Bertz CT molecular complexity index is 996. The van der Waals surface area contributed by atoms with Crippen LogP contribution >= 0.6 is 7.60 Å². The smallest absolute Gasteiger partial charge is 0.411 e. The van der Waals surface area contributed by atoms with Crippen LogP contribution in [0, 0.1) is 19.7 Å². The minimum atomic E-state index is -3.81. The molecule has 0 aliphatic rings. The summed E-state index contributed by atoms with van der Waals surface area (Å²) in [7, 11) is -3.81. The highest BCUT2D eigenvalue weighted by molar-refractivity contribution is 7.62. The molecule has 0 heterocycles. The van der Waals surface area contributed by atoms with Crippen LogP contribution in [-0.4, -0.2) is 12.4 Å². The van der Waals surface area contributed by atoms with Gasteiger partial charge >= 0.3 is 7.60 Å². The Hall–Kier alpha value is -2.75. The average molecular weight is 398 g/mol. The number of hydrogen-bond donors (Lipinski definition) is 0. The zero-order valence-corrected chi connectivity index (χ0v) is 16.5. The second kappa shape index (κ2) is 8.51. The molecule has 144 valence electrons. The van der Waals surface area contributed by atoms with Crippen molar-refractivity contribution in [2.24, 2.45) is 0 Å². The number of hydrogen-bond acceptors (Lipinski definition) is 4. The van der Waals surface area contributed by atoms with Gasteiger partial charge in [0.05, 0.1) is 5.30 Å². The number of benzene rings is 3. The van der Waals surface area contributed by atoms with E-state index in [0.717, 1.165) is 11.1 Å². The Morgan fingerprint density at radius 1 is 0.857 bits per heavy atom. The van der Waals surface area contributed by atoms with Crippen molar-refractivity contribution >= 4 is 18.7 Å². The molecule has 0 radical (unpaired) electrons. The van der Waals surface area contributed by atoms with Gasteiger partial charge in [0.25, 0.3) is 0 Å². The number of halogens is 1. The van der Waals surface area contributed by atoms with Gasteiger partial charge in [0.1, 0.15) is 18.2 Å². The van der Waals surface area contributed by atoms with Crippen LogP contribution in [0.2, 0.25) is 0 Å². The molecule has 0 aliphatic heterocycles. The minimum Gasteiger partial charge on any atom is -0.421 e. The van der Waals surface area contributed by atoms with Gasteiger partial charge < -0.3 is 4.52 Å². The maximum absolute atomic E-state index is 13.5. The summed E-state index contributed by atoms with van der Waals surface area (Å²) in [5.74, 6) is -0.478. The van der Waals surface area contributed by atoms with E-state index < -0.39 is 25.8 Å². The summed E-state index contributed by atoms with van der Waals surface area (Å²) in [6, 6.07) is 19.1. The van der Waals surface area contributed by atoms with Gasteiger partial charge in [-0.25, -0.2) is 8.96 Å². The molecule has 0 saturated carbocycles. The van der Waals surface area contributed by atoms with Gasteiger partial charge in [-0.05, 0) is 62.4 Å². The van der Waals surface area contributed by atoms with Gasteiger partial charge in [-0.3, -0.25) is 9.32 Å². The third-order valence-electron chi connectivity index (χ3n) is 4.13. The van der Waals surface area contributed by atoms with E-state index in [1.807, 2.05) is 26.0 Å². The second-order valence-electron chi connectivity index (χ2n) is 6.44. The molecule has 1 atom stereocenters. The van der Waals surface area contributed by atoms with Crippen molar-refractivity contribution in [1.29, 1.82) is 0 Å². The first-order chi connectivity index (χ1) is 13.4. The summed E-state index contributed by atoms with van der Waals surface area (Å²) >= 11 is 0. The molecule has 0 spiro atoms. The summed E-state index contributed by atoms with van der Waals surface area (Å²) in [6.07, 6.45) is 0. The normalized spacial score (nSPS) is 13.0. The Labute approximate surface area is 163 Å². The van der Waals surface area contributed by atoms with Crippen molar-refractivity contribution in [3.63, 3.8) is 0 Å². The highest BCUT2D eigenvalue weighted by atomic mass is 31.2. The average Bonchev–Trinajstić information content (AvgIpc) is 2.69. The lowest BCUT2D eigenvalue weighted by Crippen LogP contribution is -2.17. The van der Waals surface area contributed by atoms with E-state index in [4.69, 9.17) is 9.05 Å². The molecule has 1 unspecified atom stereocenters. The number of rotatable bonds is 7. The van der Waals surface area contributed by atoms with Crippen LogP contribution in [-0.2, 0) is 9.09 Å². The fourth-order valence-electron chi connectivity index (χ4n) is 2.48. The Balaban J connectivity index is 1.84. The summed E-state index contributed by atoms with van der Waals surface area (Å²) in [5, 5.41) is 0.352. The van der Waals surface area contributed by atoms with Crippen LogP contribution in [0.3, 0.4) is 0 Å². The van der Waals surface area contributed by atoms with Crippen LogP contribution in [0.4, 0.5) is 4.39 Å². The van der Waals surface area contributed by atoms with Crippen molar-refractivity contribution in [3.05, 3.63) is 95.3 Å². The topological polar surface area (TPSA) is 52.6 Å². The third kappa shape index (κ3) is 4.94. The van der Waals surface area contributed by atoms with Crippen LogP contribution in [0.5, 0.6) is 5.75 Å². The van der Waals surface area contributed by atoms with Crippen molar-refractivity contribution in [1.82, 2.24) is 0 Å². The fraction of sp³-hybridized carbons (Fsp3) is 0.136. The van der Waals surface area contributed by atoms with Gasteiger partial charge in [-0.15, -0.1) is 0 Å². The minimum absolute atomic E-state index is 0.271. The summed E-state index contributed by atoms with van der Waals surface area (Å²) in [4.78, 5) is 12.4. The van der Waals surface area contributed by atoms with Gasteiger partial charge in [-0.2, -0.15) is 0 Å². The van der Waals surface area contributed by atoms with Crippen molar-refractivity contribution in [2.75, 3.05) is 6.61 Å². The van der Waals surface area contributed by atoms with Gasteiger partial charge in [-0.1, -0.05) is 35.4 Å². The van der Waals surface area contributed by atoms with E-state index in [1.54, 1.807) is 36.4 Å². The molecule has 3 rings (SSSR count). The molecule has 0 aliphatic carbocycles. The molecule has 6 heteroatoms. The van der Waals surface area contributed by atoms with E-state index >= 15 is 0 Å². The molecule has 0 amide bonds. The quantitative estimate of drug-likeness (QED) is 0.403. The van der Waals surface area contributed by atoms with Gasteiger partial charge in [0, 0.05) is 5.56 Å². The fourth-order valence-corrected chi connectivity index (χ4v) is 3.99. The number of carbonyl (C=O) groups excluding carboxylic acids is 1. The summed E-state index contributed by atoms with van der Waals surface area (Å²) < 4.78 is 37.8. The molecule has 0 bridgehead atoms. The molecule has 0 fully saturated rings. The van der Waals surface area contributed by atoms with Crippen LogP contribution in [0.15, 0.2) is 72.8 Å². The first kappa shape index (κ1) is 20.0. The molecule has 4 nitrogen and oxygen atoms in total. The maximum atomic E-state index is 13.5. The first-order valence-corrected chi connectivity index (χ1v) is 10.3. The van der Waals surface area contributed by atoms with E-state index in [-0.39, 0.29) is 5.56 Å². The molecular formula is C22H20FO4P. The summed E-state index contributed by atoms with van der Waals surface area (Å²) in [6.45, 7) is 3.39. The lowest BCUT2D eigenvalue weighted by atomic mass is 10.1. The summed E-state index contributed by atoms with van der Waals surface area (Å²) in [5.41, 5.74) is 2.30. The molecule has 0 saturated heterocycles. The van der Waals surface area contributed by atoms with Gasteiger partial charge in [0.2, 0.25) is 0 Å². The van der Waals surface area contributed by atoms with Crippen molar-refractivity contribution in [3.8, 4) is 5.75 Å². The largest absolute Gasteiger partial charge is 0.421 e. The Morgan fingerprint density at radius 2 is 1.39 bits per heavy atom. The zero-order chi connectivity index (χ0) is 20.1. The highest BCUT2D eigenvalue weighted by Gasteiger charge is 2.30. The molecule has 28 heavy (non-hydrogen) atoms. The van der Waals surface area contributed by atoms with E-state index in [2.05, 4.69) is 0 Å². The standard InChI is InChI=1S/C22H20FO4P/c1-16-3-11-20(12-4-16)27-28(25,21-13-5-17(2)6-14-21)26-15-22(24)18-7-9-19(23)10-8-18/h3-14H,15H2,1-2H3. The third-order valence-corrected chi connectivity index (χ3v) is 5.98. The van der Waals surface area contributed by atoms with Crippen LogP contribution in [0.1, 0.15) is 21.5 Å². The van der Waals surface area contributed by atoms with E-state index in [1.165, 1.54) is 24.3 Å². The molecule has 0 aromatic heterocycles.